The van der Waals surface area contributed by atoms with Gasteiger partial charge in [-0.1, -0.05) is 17.0 Å². The molecule has 7 heteroatoms. The molecule has 112 valence electrons. The Morgan fingerprint density at radius 3 is 2.95 bits per heavy atom. The zero-order valence-corrected chi connectivity index (χ0v) is 12.6. The molecule has 1 aromatic heterocycles. The lowest BCUT2D eigenvalue weighted by molar-refractivity contribution is 0.155. The van der Waals surface area contributed by atoms with Crippen LogP contribution in [0.3, 0.4) is 0 Å². The molecule has 0 amide bonds. The van der Waals surface area contributed by atoms with E-state index in [1.165, 1.54) is 0 Å². The first-order chi connectivity index (χ1) is 10.1. The zero-order chi connectivity index (χ0) is 15.2. The first-order valence-corrected chi connectivity index (χ1v) is 6.93. The number of hydrogen-bond donors (Lipinski definition) is 1. The summed E-state index contributed by atoms with van der Waals surface area (Å²) in [5, 5.41) is 17.3. The van der Waals surface area contributed by atoms with E-state index in [4.69, 9.17) is 0 Å². The number of benzene rings is 1. The molecule has 0 radical (unpaired) electrons. The zero-order valence-electron chi connectivity index (χ0n) is 12.6. The average Bonchev–Trinajstić information content (AvgIpc) is 2.84. The third-order valence-corrected chi connectivity index (χ3v) is 3.14. The second kappa shape index (κ2) is 6.97. The van der Waals surface area contributed by atoms with Gasteiger partial charge >= 0.3 is 0 Å². The maximum atomic E-state index is 9.62. The van der Waals surface area contributed by atoms with E-state index in [1.54, 1.807) is 6.07 Å². The van der Waals surface area contributed by atoms with E-state index in [0.29, 0.717) is 17.6 Å². The molecule has 0 spiro atoms. The van der Waals surface area contributed by atoms with Crippen molar-refractivity contribution in [2.45, 2.75) is 19.4 Å². The Morgan fingerprint density at radius 1 is 1.43 bits per heavy atom. The van der Waals surface area contributed by atoms with E-state index >= 15 is 0 Å². The van der Waals surface area contributed by atoms with Gasteiger partial charge in [-0.3, -0.25) is 0 Å². The molecule has 0 aliphatic rings. The van der Waals surface area contributed by atoms with Gasteiger partial charge in [-0.25, -0.2) is 9.98 Å². The van der Waals surface area contributed by atoms with Gasteiger partial charge in [0.15, 0.2) is 0 Å². The quantitative estimate of drug-likeness (QED) is 0.650. The Labute approximate surface area is 123 Å². The fraction of sp³-hybridized carbons (Fsp3) is 0.500. The van der Waals surface area contributed by atoms with Gasteiger partial charge < -0.3 is 10.1 Å². The van der Waals surface area contributed by atoms with E-state index in [-0.39, 0.29) is 6.04 Å². The molecular weight excluding hydrogens is 268 g/mol. The van der Waals surface area contributed by atoms with Crippen LogP contribution in [-0.4, -0.2) is 58.5 Å². The van der Waals surface area contributed by atoms with Crippen LogP contribution in [-0.2, 0) is 0 Å². The highest BCUT2D eigenvalue weighted by atomic mass is 16.5. The molecule has 0 aliphatic heterocycles. The van der Waals surface area contributed by atoms with Crippen LogP contribution in [0.4, 0.5) is 0 Å². The summed E-state index contributed by atoms with van der Waals surface area (Å²) in [5.41, 5.74) is 2.16. The summed E-state index contributed by atoms with van der Waals surface area (Å²) in [7, 11) is 4.04. The summed E-state index contributed by atoms with van der Waals surface area (Å²) in [6, 6.07) is 8.22. The number of rotatable bonds is 6. The molecule has 2 rings (SSSR count). The topological polar surface area (TPSA) is 78.9 Å². The molecule has 1 N–H and O–H groups in total. The lowest BCUT2D eigenvalue weighted by atomic mass is 10.0. The molecule has 0 aliphatic carbocycles. The summed E-state index contributed by atoms with van der Waals surface area (Å²) < 4.78 is 0. The third kappa shape index (κ3) is 3.65. The average molecular weight is 288 g/mol. The number of hydrogen-bond acceptors (Lipinski definition) is 6. The SMILES string of the molecule is CCN=C=NC(CCN(C)C)c1cccc2c1nnn2O. The summed E-state index contributed by atoms with van der Waals surface area (Å²) in [5.74, 6) is 0. The third-order valence-electron chi connectivity index (χ3n) is 3.14. The molecule has 7 nitrogen and oxygen atoms in total. The van der Waals surface area contributed by atoms with Crippen molar-refractivity contribution in [2.24, 2.45) is 9.98 Å². The Balaban J connectivity index is 2.39. The van der Waals surface area contributed by atoms with Crippen LogP contribution in [0.2, 0.25) is 0 Å². The van der Waals surface area contributed by atoms with Crippen LogP contribution in [0.5, 0.6) is 0 Å². The minimum absolute atomic E-state index is 0.108. The molecular formula is C14H20N6O. The minimum Gasteiger partial charge on any atom is -0.410 e. The molecule has 1 atom stereocenters. The van der Waals surface area contributed by atoms with Crippen LogP contribution in [0.15, 0.2) is 28.2 Å². The van der Waals surface area contributed by atoms with E-state index < -0.39 is 0 Å². The molecule has 21 heavy (non-hydrogen) atoms. The second-order valence-corrected chi connectivity index (χ2v) is 5.01. The summed E-state index contributed by atoms with van der Waals surface area (Å²) in [6.07, 6.45) is 0.816. The highest BCUT2D eigenvalue weighted by molar-refractivity contribution is 5.78. The van der Waals surface area contributed by atoms with Crippen LogP contribution in [0.1, 0.15) is 24.9 Å². The normalized spacial score (nSPS) is 12.4. The van der Waals surface area contributed by atoms with Gasteiger partial charge in [-0.15, -0.1) is 5.10 Å². The summed E-state index contributed by atoms with van der Waals surface area (Å²) in [6.45, 7) is 3.47. The molecule has 0 saturated heterocycles. The Bertz CT molecular complexity index is 657. The molecule has 1 aromatic carbocycles. The first-order valence-electron chi connectivity index (χ1n) is 6.93. The van der Waals surface area contributed by atoms with Crippen molar-refractivity contribution in [3.8, 4) is 0 Å². The largest absolute Gasteiger partial charge is 0.410 e. The standard InChI is InChI=1S/C14H20N6O/c1-4-15-10-16-12(8-9-19(2)3)11-6-5-7-13-14(11)17-18-20(13)21/h5-7,12,21H,4,8-9H2,1-3H3. The number of aromatic nitrogens is 3. The number of nitrogens with zero attached hydrogens (tertiary/aromatic N) is 6. The van der Waals surface area contributed by atoms with Gasteiger partial charge in [-0.2, -0.15) is 0 Å². The smallest absolute Gasteiger partial charge is 0.131 e. The molecule has 1 heterocycles. The predicted molar refractivity (Wildman–Crippen MR) is 81.0 cm³/mol. The van der Waals surface area contributed by atoms with Gasteiger partial charge in [0.2, 0.25) is 0 Å². The summed E-state index contributed by atoms with van der Waals surface area (Å²) >= 11 is 0. The molecule has 0 bridgehead atoms. The highest BCUT2D eigenvalue weighted by Gasteiger charge is 2.17. The molecule has 2 aromatic rings. The van der Waals surface area contributed by atoms with Gasteiger partial charge in [0.25, 0.3) is 0 Å². The second-order valence-electron chi connectivity index (χ2n) is 5.01. The van der Waals surface area contributed by atoms with E-state index in [0.717, 1.165) is 23.4 Å². The molecule has 0 saturated carbocycles. The minimum atomic E-state index is -0.108. The first kappa shape index (κ1) is 15.2. The van der Waals surface area contributed by atoms with E-state index in [9.17, 15) is 5.21 Å². The van der Waals surface area contributed by atoms with Crippen molar-refractivity contribution in [3.63, 3.8) is 0 Å². The van der Waals surface area contributed by atoms with Gasteiger partial charge in [-0.05, 0) is 45.3 Å². The van der Waals surface area contributed by atoms with Crippen molar-refractivity contribution >= 4 is 17.0 Å². The Morgan fingerprint density at radius 2 is 2.24 bits per heavy atom. The monoisotopic (exact) mass is 288 g/mol. The fourth-order valence-corrected chi connectivity index (χ4v) is 2.07. The van der Waals surface area contributed by atoms with Gasteiger partial charge in [0.05, 0.1) is 12.1 Å². The summed E-state index contributed by atoms with van der Waals surface area (Å²) in [4.78, 5) is 11.3. The van der Waals surface area contributed by atoms with Crippen molar-refractivity contribution in [1.82, 2.24) is 20.1 Å². The van der Waals surface area contributed by atoms with Gasteiger partial charge in [0.1, 0.15) is 11.0 Å². The Kier molecular flexibility index (Phi) is 5.03. The predicted octanol–water partition coefficient (Wildman–Crippen LogP) is 1.86. The van der Waals surface area contributed by atoms with Crippen molar-refractivity contribution in [2.75, 3.05) is 27.2 Å². The van der Waals surface area contributed by atoms with Crippen LogP contribution < -0.4 is 0 Å². The maximum Gasteiger partial charge on any atom is 0.131 e. The van der Waals surface area contributed by atoms with Gasteiger partial charge in [0, 0.05) is 12.1 Å². The Hall–Kier alpha value is -2.24. The van der Waals surface area contributed by atoms with E-state index in [1.807, 2.05) is 33.2 Å². The van der Waals surface area contributed by atoms with Crippen molar-refractivity contribution in [1.29, 1.82) is 0 Å². The maximum absolute atomic E-state index is 9.62. The van der Waals surface area contributed by atoms with Crippen LogP contribution in [0, 0.1) is 0 Å². The lowest BCUT2D eigenvalue weighted by Gasteiger charge is -2.15. The van der Waals surface area contributed by atoms with Crippen LogP contribution in [0.25, 0.3) is 11.0 Å². The van der Waals surface area contributed by atoms with E-state index in [2.05, 4.69) is 31.2 Å². The lowest BCUT2D eigenvalue weighted by Crippen LogP contribution is -2.15. The highest BCUT2D eigenvalue weighted by Crippen LogP contribution is 2.27. The number of aliphatic imine (C=N–C) groups is 2. The molecule has 1 unspecified atom stereocenters. The number of fused-ring (bicyclic) bond motifs is 1. The molecule has 0 fully saturated rings. The van der Waals surface area contributed by atoms with Crippen LogP contribution >= 0.6 is 0 Å². The van der Waals surface area contributed by atoms with Crippen molar-refractivity contribution < 1.29 is 5.21 Å². The van der Waals surface area contributed by atoms with Crippen molar-refractivity contribution in [3.05, 3.63) is 23.8 Å². The fourth-order valence-electron chi connectivity index (χ4n) is 2.07.